The summed E-state index contributed by atoms with van der Waals surface area (Å²) in [6.45, 7) is 0.164. The van der Waals surface area contributed by atoms with Crippen LogP contribution in [-0.4, -0.2) is 116 Å². The fraction of sp³-hybridized carbons (Fsp3) is 1.00. The average molecular weight is 408 g/mol. The van der Waals surface area contributed by atoms with Gasteiger partial charge in [-0.05, 0) is 6.42 Å². The van der Waals surface area contributed by atoms with Crippen molar-refractivity contribution in [3.05, 3.63) is 0 Å². The molecule has 0 aromatic carbocycles. The quantitative estimate of drug-likeness (QED) is 0.102. The normalized spacial score (nSPS) is 24.0. The summed E-state index contributed by atoms with van der Waals surface area (Å²) in [5, 5.41) is 85.8. The molecule has 0 radical (unpaired) electrons. The lowest BCUT2D eigenvalue weighted by Gasteiger charge is -2.35. The lowest BCUT2D eigenvalue weighted by molar-refractivity contribution is -0.252. The lowest BCUT2D eigenvalue weighted by atomic mass is 9.96. The number of hydrogen-bond acceptors (Lipinski definition) is 11. The number of ether oxygens (including phenoxy) is 1. The zero-order valence-corrected chi connectivity index (χ0v) is 14.8. The molecule has 3 unspecified atom stereocenters. The Morgan fingerprint density at radius 2 is 1.42 bits per heavy atom. The minimum Gasteiger partial charge on any atom is -0.396 e. The van der Waals surface area contributed by atoms with E-state index in [4.69, 9.17) is 14.4 Å². The molecule has 0 aromatic heterocycles. The first-order chi connectivity index (χ1) is 12.0. The molecule has 10 atom stereocenters. The van der Waals surface area contributed by atoms with E-state index in [0.717, 1.165) is 0 Å². The average Bonchev–Trinajstić information content (AvgIpc) is 2.61. The Kier molecular flexibility index (Phi) is 12.1. The number of hydrogen-bond donors (Lipinski definition) is 10. The van der Waals surface area contributed by atoms with Gasteiger partial charge in [0.1, 0.15) is 24.4 Å². The van der Waals surface area contributed by atoms with Gasteiger partial charge in [0.25, 0.3) is 0 Å². The van der Waals surface area contributed by atoms with Gasteiger partial charge in [-0.1, -0.05) is 6.92 Å². The second-order valence-electron chi connectivity index (χ2n) is 5.86. The van der Waals surface area contributed by atoms with Crippen molar-refractivity contribution in [2.45, 2.75) is 61.7 Å². The van der Waals surface area contributed by atoms with Gasteiger partial charge < -0.3 is 55.2 Å². The SMILES string of the molecule is CC(CO)[C@@H](O[C@@H](O)[C@@H](O)C(O)[C@H](O)CCO)[C@H](O)[C@@H](O)[C@@H](O)S(=O)O. The van der Waals surface area contributed by atoms with E-state index in [0.29, 0.717) is 0 Å². The molecule has 0 aliphatic rings. The van der Waals surface area contributed by atoms with Crippen LogP contribution >= 0.6 is 0 Å². The summed E-state index contributed by atoms with van der Waals surface area (Å²) >= 11 is -2.91. The highest BCUT2D eigenvalue weighted by molar-refractivity contribution is 7.79. The maximum Gasteiger partial charge on any atom is 0.185 e. The zero-order chi connectivity index (χ0) is 20.6. The summed E-state index contributed by atoms with van der Waals surface area (Å²) in [5.41, 5.74) is -2.28. The molecule has 0 saturated heterocycles. The van der Waals surface area contributed by atoms with Crippen molar-refractivity contribution in [1.29, 1.82) is 0 Å². The zero-order valence-electron chi connectivity index (χ0n) is 14.0. The summed E-state index contributed by atoms with van der Waals surface area (Å²) in [4.78, 5) is 0. The third-order valence-electron chi connectivity index (χ3n) is 3.79. The number of rotatable bonds is 13. The van der Waals surface area contributed by atoms with Crippen molar-refractivity contribution in [3.8, 4) is 0 Å². The largest absolute Gasteiger partial charge is 0.396 e. The summed E-state index contributed by atoms with van der Waals surface area (Å²) in [5.74, 6) is -0.986. The number of aliphatic hydroxyl groups is 9. The number of aliphatic hydroxyl groups excluding tert-OH is 9. The Hall–Kier alpha value is -0.290. The van der Waals surface area contributed by atoms with E-state index in [1.165, 1.54) is 6.92 Å². The van der Waals surface area contributed by atoms with E-state index in [1.54, 1.807) is 0 Å². The third-order valence-corrected chi connectivity index (χ3v) is 4.48. The van der Waals surface area contributed by atoms with Gasteiger partial charge in [-0.2, -0.15) is 0 Å². The Morgan fingerprint density at radius 1 is 0.885 bits per heavy atom. The molecule has 12 nitrogen and oxygen atoms in total. The minimum absolute atomic E-state index is 0.308. The van der Waals surface area contributed by atoms with Crippen LogP contribution in [0.25, 0.3) is 0 Å². The fourth-order valence-corrected chi connectivity index (χ4v) is 2.48. The summed E-state index contributed by atoms with van der Waals surface area (Å²) in [7, 11) is 0. The van der Waals surface area contributed by atoms with Crippen molar-refractivity contribution < 1.29 is 59.5 Å². The molecule has 0 aliphatic heterocycles. The highest BCUT2D eigenvalue weighted by Gasteiger charge is 2.40. The Balaban J connectivity index is 5.18. The van der Waals surface area contributed by atoms with Crippen molar-refractivity contribution >= 4 is 11.1 Å². The van der Waals surface area contributed by atoms with Crippen molar-refractivity contribution in [3.63, 3.8) is 0 Å². The van der Waals surface area contributed by atoms with Crippen LogP contribution in [0.2, 0.25) is 0 Å². The van der Waals surface area contributed by atoms with Crippen LogP contribution in [0.15, 0.2) is 0 Å². The predicted octanol–water partition coefficient (Wildman–Crippen LogP) is -4.95. The Bertz CT molecular complexity index is 413. The molecule has 0 saturated carbocycles. The van der Waals surface area contributed by atoms with Crippen LogP contribution in [0, 0.1) is 5.92 Å². The van der Waals surface area contributed by atoms with E-state index in [2.05, 4.69) is 0 Å². The smallest absolute Gasteiger partial charge is 0.185 e. The Morgan fingerprint density at radius 3 is 1.85 bits per heavy atom. The highest BCUT2D eigenvalue weighted by atomic mass is 32.2. The van der Waals surface area contributed by atoms with Crippen molar-refractivity contribution in [2.75, 3.05) is 13.2 Å². The molecule has 0 spiro atoms. The van der Waals surface area contributed by atoms with E-state index in [1.807, 2.05) is 0 Å². The van der Waals surface area contributed by atoms with Crippen molar-refractivity contribution in [1.82, 2.24) is 0 Å². The molecule has 0 fully saturated rings. The minimum atomic E-state index is -2.91. The first kappa shape index (κ1) is 25.7. The van der Waals surface area contributed by atoms with Gasteiger partial charge in [0.05, 0.1) is 12.2 Å². The molecule has 0 aromatic rings. The van der Waals surface area contributed by atoms with Crippen molar-refractivity contribution in [2.24, 2.45) is 5.92 Å². The molecule has 0 amide bonds. The fourth-order valence-electron chi connectivity index (χ4n) is 2.08. The van der Waals surface area contributed by atoms with Crippen LogP contribution in [0.5, 0.6) is 0 Å². The van der Waals surface area contributed by atoms with Gasteiger partial charge in [-0.15, -0.1) is 0 Å². The van der Waals surface area contributed by atoms with E-state index < -0.39 is 78.6 Å². The molecule has 26 heavy (non-hydrogen) atoms. The van der Waals surface area contributed by atoms with Gasteiger partial charge in [0, 0.05) is 19.1 Å². The van der Waals surface area contributed by atoms with Crippen LogP contribution in [-0.2, 0) is 15.8 Å². The maximum atomic E-state index is 10.8. The van der Waals surface area contributed by atoms with Gasteiger partial charge in [-0.3, -0.25) is 0 Å². The molecule has 0 aliphatic carbocycles. The Labute approximate surface area is 152 Å². The second kappa shape index (κ2) is 12.2. The van der Waals surface area contributed by atoms with Gasteiger partial charge in [-0.25, -0.2) is 4.21 Å². The molecule has 0 heterocycles. The predicted molar refractivity (Wildman–Crippen MR) is 85.6 cm³/mol. The molecular formula is C13H28O12S. The molecule has 0 bridgehead atoms. The van der Waals surface area contributed by atoms with Gasteiger partial charge in [0.2, 0.25) is 0 Å². The van der Waals surface area contributed by atoms with Crippen LogP contribution in [0.4, 0.5) is 0 Å². The van der Waals surface area contributed by atoms with E-state index in [9.17, 15) is 45.1 Å². The standard InChI is InChI=1S/C13H28O12S/c1-5(4-15)11(8(18)10(20)13(22)26(23)24)25-12(21)9(19)7(17)6(16)2-3-14/h5-22H,2-4H2,1H3,(H,23,24)/t5?,6-,7?,8-,9+,10-,11-,12-,13+/m1/s1. The van der Waals surface area contributed by atoms with Crippen LogP contribution < -0.4 is 0 Å². The lowest BCUT2D eigenvalue weighted by Crippen LogP contribution is -2.53. The molecule has 158 valence electrons. The highest BCUT2D eigenvalue weighted by Crippen LogP contribution is 2.20. The van der Waals surface area contributed by atoms with Gasteiger partial charge in [0.15, 0.2) is 22.8 Å². The first-order valence-corrected chi connectivity index (χ1v) is 8.89. The molecule has 13 heteroatoms. The van der Waals surface area contributed by atoms with E-state index in [-0.39, 0.29) is 6.42 Å². The summed E-state index contributed by atoms with van der Waals surface area (Å²) in [6.07, 6.45) is -14.0. The second-order valence-corrected chi connectivity index (χ2v) is 6.90. The van der Waals surface area contributed by atoms with Crippen LogP contribution in [0.3, 0.4) is 0 Å². The van der Waals surface area contributed by atoms with E-state index >= 15 is 0 Å². The molecular weight excluding hydrogens is 380 g/mol. The molecule has 0 rings (SSSR count). The first-order valence-electron chi connectivity index (χ1n) is 7.72. The maximum absolute atomic E-state index is 10.8. The van der Waals surface area contributed by atoms with Crippen LogP contribution in [0.1, 0.15) is 13.3 Å². The topological polar surface area (TPSA) is 229 Å². The summed E-state index contributed by atoms with van der Waals surface area (Å²) < 4.78 is 24.5. The summed E-state index contributed by atoms with van der Waals surface area (Å²) in [6, 6.07) is 0. The molecule has 10 N–H and O–H groups in total. The monoisotopic (exact) mass is 408 g/mol. The third kappa shape index (κ3) is 7.38. The van der Waals surface area contributed by atoms with Gasteiger partial charge >= 0.3 is 0 Å².